The van der Waals surface area contributed by atoms with Crippen molar-refractivity contribution in [1.29, 1.82) is 0 Å². The van der Waals surface area contributed by atoms with E-state index in [1.165, 1.54) is 0 Å². The first-order valence-corrected chi connectivity index (χ1v) is 9.62. The summed E-state index contributed by atoms with van der Waals surface area (Å²) in [5.41, 5.74) is 0.994. The number of benzene rings is 1. The van der Waals surface area contributed by atoms with Gasteiger partial charge >= 0.3 is 0 Å². The molecule has 0 bridgehead atoms. The van der Waals surface area contributed by atoms with E-state index >= 15 is 0 Å². The van der Waals surface area contributed by atoms with Crippen LogP contribution in [-0.2, 0) is 9.84 Å². The smallest absolute Gasteiger partial charge is 0.176 e. The Morgan fingerprint density at radius 1 is 1.19 bits per heavy atom. The molecule has 2 heterocycles. The van der Waals surface area contributed by atoms with Crippen LogP contribution in [0.4, 0.5) is 5.69 Å². The number of sulfone groups is 1. The lowest BCUT2D eigenvalue weighted by molar-refractivity contribution is 0.351. The summed E-state index contributed by atoms with van der Waals surface area (Å²) in [6, 6.07) is 9.85. The fraction of sp³-hybridized carbons (Fsp3) is 0.533. The maximum absolute atomic E-state index is 12.1. The zero-order valence-electron chi connectivity index (χ0n) is 12.1. The van der Waals surface area contributed by atoms with Crippen LogP contribution >= 0.6 is 12.2 Å². The Hall–Kier alpha value is -1.14. The maximum atomic E-state index is 12.1. The fourth-order valence-electron chi connectivity index (χ4n) is 3.26. The van der Waals surface area contributed by atoms with Gasteiger partial charge in [0.05, 0.1) is 23.6 Å². The van der Waals surface area contributed by atoms with E-state index in [0.29, 0.717) is 0 Å². The Labute approximate surface area is 131 Å². The van der Waals surface area contributed by atoms with E-state index < -0.39 is 9.84 Å². The molecule has 2 saturated heterocycles. The summed E-state index contributed by atoms with van der Waals surface area (Å²) in [6.45, 7) is 2.98. The fourth-order valence-corrected chi connectivity index (χ4v) is 5.67. The molecule has 1 aromatic carbocycles. The lowest BCUT2D eigenvalue weighted by Gasteiger charge is -2.25. The van der Waals surface area contributed by atoms with Gasteiger partial charge in [-0.1, -0.05) is 31.5 Å². The molecule has 0 spiro atoms. The van der Waals surface area contributed by atoms with Gasteiger partial charge in [0, 0.05) is 12.2 Å². The summed E-state index contributed by atoms with van der Waals surface area (Å²) >= 11 is 5.64. The molecule has 21 heavy (non-hydrogen) atoms. The lowest BCUT2D eigenvalue weighted by Crippen LogP contribution is -2.38. The minimum absolute atomic E-state index is 0.00857. The first-order chi connectivity index (χ1) is 10.0. The second-order valence-corrected chi connectivity index (χ2v) is 8.27. The first-order valence-electron chi connectivity index (χ1n) is 7.39. The summed E-state index contributed by atoms with van der Waals surface area (Å²) in [4.78, 5) is 4.17. The quantitative estimate of drug-likeness (QED) is 0.793. The minimum Gasteiger partial charge on any atom is -0.343 e. The van der Waals surface area contributed by atoms with Crippen LogP contribution in [0, 0.1) is 0 Å². The van der Waals surface area contributed by atoms with Crippen molar-refractivity contribution < 1.29 is 8.42 Å². The Kier molecular flexibility index (Phi) is 3.92. The van der Waals surface area contributed by atoms with Gasteiger partial charge in [-0.15, -0.1) is 0 Å². The zero-order chi connectivity index (χ0) is 15.0. The number of anilines is 1. The lowest BCUT2D eigenvalue weighted by atomic mass is 10.1. The molecule has 0 aliphatic carbocycles. The van der Waals surface area contributed by atoms with Crippen molar-refractivity contribution in [2.75, 3.05) is 23.0 Å². The molecule has 0 unspecified atom stereocenters. The van der Waals surface area contributed by atoms with Crippen molar-refractivity contribution in [1.82, 2.24) is 4.90 Å². The number of fused-ring (bicyclic) bond motifs is 1. The third-order valence-corrected chi connectivity index (χ3v) is 6.39. The topological polar surface area (TPSA) is 40.6 Å². The second-order valence-electron chi connectivity index (χ2n) is 5.75. The van der Waals surface area contributed by atoms with Crippen LogP contribution in [0.3, 0.4) is 0 Å². The number of nitrogens with zero attached hydrogens (tertiary/aromatic N) is 2. The van der Waals surface area contributed by atoms with Gasteiger partial charge in [-0.3, -0.25) is 0 Å². The molecule has 0 aromatic heterocycles. The predicted molar refractivity (Wildman–Crippen MR) is 89.4 cm³/mol. The van der Waals surface area contributed by atoms with Crippen LogP contribution in [0.25, 0.3) is 0 Å². The molecule has 2 atom stereocenters. The molecule has 2 aliphatic heterocycles. The SMILES string of the molecule is CCCCN1C(=S)N(c2ccccc2)[C@@H]2CS(=O)(=O)C[C@H]21. The molecule has 3 rings (SSSR count). The molecular weight excluding hydrogens is 304 g/mol. The Balaban J connectivity index is 1.95. The number of hydrogen-bond acceptors (Lipinski definition) is 3. The van der Waals surface area contributed by atoms with E-state index in [2.05, 4.69) is 11.8 Å². The minimum atomic E-state index is -2.97. The van der Waals surface area contributed by atoms with Gasteiger partial charge in [0.2, 0.25) is 0 Å². The second kappa shape index (κ2) is 5.57. The molecule has 0 radical (unpaired) electrons. The van der Waals surface area contributed by atoms with Crippen LogP contribution in [0.2, 0.25) is 0 Å². The van der Waals surface area contributed by atoms with Crippen LogP contribution in [0.1, 0.15) is 19.8 Å². The van der Waals surface area contributed by atoms with Crippen LogP contribution in [0.15, 0.2) is 30.3 Å². The first kappa shape index (κ1) is 14.8. The molecule has 2 fully saturated rings. The van der Waals surface area contributed by atoms with Crippen molar-refractivity contribution in [3.05, 3.63) is 30.3 Å². The van der Waals surface area contributed by atoms with Crippen LogP contribution < -0.4 is 4.90 Å². The summed E-state index contributed by atoms with van der Waals surface area (Å²) in [7, 11) is -2.97. The predicted octanol–water partition coefficient (Wildman–Crippen LogP) is 2.06. The molecule has 1 aromatic rings. The van der Waals surface area contributed by atoms with Crippen molar-refractivity contribution in [2.45, 2.75) is 31.8 Å². The van der Waals surface area contributed by atoms with Crippen molar-refractivity contribution in [3.63, 3.8) is 0 Å². The van der Waals surface area contributed by atoms with E-state index in [1.807, 2.05) is 35.2 Å². The summed E-state index contributed by atoms with van der Waals surface area (Å²) < 4.78 is 24.1. The number of hydrogen-bond donors (Lipinski definition) is 0. The molecule has 0 amide bonds. The van der Waals surface area contributed by atoms with E-state index in [-0.39, 0.29) is 23.6 Å². The van der Waals surface area contributed by atoms with Crippen molar-refractivity contribution in [2.24, 2.45) is 0 Å². The summed E-state index contributed by atoms with van der Waals surface area (Å²) in [5.74, 6) is 0.431. The average molecular weight is 324 g/mol. The Morgan fingerprint density at radius 2 is 1.86 bits per heavy atom. The third-order valence-electron chi connectivity index (χ3n) is 4.26. The van der Waals surface area contributed by atoms with Crippen LogP contribution in [0.5, 0.6) is 0 Å². The monoisotopic (exact) mass is 324 g/mol. The highest BCUT2D eigenvalue weighted by Gasteiger charge is 2.51. The van der Waals surface area contributed by atoms with E-state index in [9.17, 15) is 8.42 Å². The normalized spacial score (nSPS) is 27.2. The van der Waals surface area contributed by atoms with Crippen LogP contribution in [-0.4, -0.2) is 48.6 Å². The number of unbranched alkanes of at least 4 members (excludes halogenated alkanes) is 1. The molecular formula is C15H20N2O2S2. The molecule has 2 aliphatic rings. The van der Waals surface area contributed by atoms with Gasteiger partial charge in [-0.2, -0.15) is 0 Å². The van der Waals surface area contributed by atoms with Crippen molar-refractivity contribution >= 4 is 32.9 Å². The highest BCUT2D eigenvalue weighted by Crippen LogP contribution is 2.35. The van der Waals surface area contributed by atoms with Gasteiger partial charge in [-0.25, -0.2) is 8.42 Å². The molecule has 114 valence electrons. The van der Waals surface area contributed by atoms with Gasteiger partial charge < -0.3 is 9.80 Å². The summed E-state index contributed by atoms with van der Waals surface area (Å²) in [5, 5.41) is 0.777. The summed E-state index contributed by atoms with van der Waals surface area (Å²) in [6.07, 6.45) is 2.11. The Morgan fingerprint density at radius 3 is 2.52 bits per heavy atom. The van der Waals surface area contributed by atoms with Crippen molar-refractivity contribution in [3.8, 4) is 0 Å². The van der Waals surface area contributed by atoms with Gasteiger partial charge in [0.15, 0.2) is 14.9 Å². The third kappa shape index (κ3) is 2.66. The average Bonchev–Trinajstić information content (AvgIpc) is 2.87. The highest BCUT2D eigenvalue weighted by molar-refractivity contribution is 7.91. The maximum Gasteiger partial charge on any atom is 0.176 e. The number of para-hydroxylation sites is 1. The molecule has 0 saturated carbocycles. The standard InChI is InChI=1S/C15H20N2O2S2/c1-2-3-9-16-13-10-21(18,19)11-14(13)17(15(16)20)12-7-5-4-6-8-12/h4-8,13-14H,2-3,9-11H2,1H3/t13-,14-/m1/s1. The number of thiocarbonyl (C=S) groups is 1. The largest absolute Gasteiger partial charge is 0.343 e. The molecule has 6 heteroatoms. The van der Waals surface area contributed by atoms with Gasteiger partial charge in [0.1, 0.15) is 0 Å². The molecule has 0 N–H and O–H groups in total. The van der Waals surface area contributed by atoms with Gasteiger partial charge in [0.25, 0.3) is 0 Å². The van der Waals surface area contributed by atoms with E-state index in [4.69, 9.17) is 12.2 Å². The van der Waals surface area contributed by atoms with E-state index in [0.717, 1.165) is 30.2 Å². The zero-order valence-corrected chi connectivity index (χ0v) is 13.7. The number of rotatable bonds is 4. The van der Waals surface area contributed by atoms with E-state index in [1.54, 1.807) is 0 Å². The molecule has 4 nitrogen and oxygen atoms in total. The highest BCUT2D eigenvalue weighted by atomic mass is 32.2. The Bertz CT molecular complexity index is 630. The van der Waals surface area contributed by atoms with Gasteiger partial charge in [-0.05, 0) is 30.8 Å².